The Labute approximate surface area is 57.4 Å². The van der Waals surface area contributed by atoms with Crippen LogP contribution in [0.25, 0.3) is 0 Å². The van der Waals surface area contributed by atoms with E-state index in [1.54, 1.807) is 0 Å². The van der Waals surface area contributed by atoms with Gasteiger partial charge in [-0.1, -0.05) is 0 Å². The molecule has 1 aromatic rings. The van der Waals surface area contributed by atoms with Gasteiger partial charge in [-0.15, -0.1) is 0 Å². The number of rotatable bonds is 0. The highest BCUT2D eigenvalue weighted by Gasteiger charge is 2.04. The average molecular weight is 141 g/mol. The van der Waals surface area contributed by atoms with E-state index in [1.165, 1.54) is 6.92 Å². The minimum atomic E-state index is -0.463. The highest BCUT2D eigenvalue weighted by atomic mass is 16.3. The smallest absolute Gasteiger partial charge is 0.254 e. The summed E-state index contributed by atoms with van der Waals surface area (Å²) in [4.78, 5) is 3.43. The molecule has 10 heavy (non-hydrogen) atoms. The number of pyridine rings is 1. The van der Waals surface area contributed by atoms with Crippen molar-refractivity contribution in [2.45, 2.75) is 6.92 Å². The van der Waals surface area contributed by atoms with E-state index in [9.17, 15) is 0 Å². The molecule has 4 nitrogen and oxygen atoms in total. The van der Waals surface area contributed by atoms with Crippen LogP contribution in [0.1, 0.15) is 5.69 Å². The van der Waals surface area contributed by atoms with Gasteiger partial charge in [0.2, 0.25) is 0 Å². The van der Waals surface area contributed by atoms with Crippen LogP contribution in [0, 0.1) is 6.92 Å². The Morgan fingerprint density at radius 3 is 2.30 bits per heavy atom. The molecule has 0 saturated carbocycles. The van der Waals surface area contributed by atoms with Gasteiger partial charge in [-0.3, -0.25) is 0 Å². The van der Waals surface area contributed by atoms with Gasteiger partial charge < -0.3 is 15.3 Å². The Kier molecular flexibility index (Phi) is 1.37. The van der Waals surface area contributed by atoms with Gasteiger partial charge in [-0.05, 0) is 6.92 Å². The van der Waals surface area contributed by atoms with Crippen molar-refractivity contribution in [3.05, 3.63) is 11.8 Å². The molecule has 1 aromatic heterocycles. The van der Waals surface area contributed by atoms with Crippen LogP contribution in [-0.4, -0.2) is 20.3 Å². The van der Waals surface area contributed by atoms with E-state index in [-0.39, 0.29) is 11.4 Å². The van der Waals surface area contributed by atoms with Crippen LogP contribution in [0.2, 0.25) is 0 Å². The molecule has 0 bridgehead atoms. The standard InChI is InChI=1S/C6H7NO3/c1-3-4(8)2-5(9)6(10)7-3/h2,8-9H,1H3,(H,7,10). The molecule has 0 amide bonds. The molecular weight excluding hydrogens is 134 g/mol. The normalized spacial score (nSPS) is 9.70. The van der Waals surface area contributed by atoms with Crippen molar-refractivity contribution >= 4 is 0 Å². The topological polar surface area (TPSA) is 73.6 Å². The SMILES string of the molecule is Cc1nc(O)c(O)cc1O. The first-order valence-electron chi connectivity index (χ1n) is 2.70. The van der Waals surface area contributed by atoms with Crippen LogP contribution in [0.4, 0.5) is 0 Å². The van der Waals surface area contributed by atoms with Crippen molar-refractivity contribution in [2.24, 2.45) is 0 Å². The van der Waals surface area contributed by atoms with E-state index in [1.807, 2.05) is 0 Å². The van der Waals surface area contributed by atoms with E-state index in [0.29, 0.717) is 0 Å². The molecule has 0 aliphatic rings. The number of aryl methyl sites for hydroxylation is 1. The molecule has 1 rings (SSSR count). The summed E-state index contributed by atoms with van der Waals surface area (Å²) < 4.78 is 0. The molecule has 3 N–H and O–H groups in total. The second kappa shape index (κ2) is 2.06. The minimum Gasteiger partial charge on any atom is -0.506 e. The zero-order chi connectivity index (χ0) is 7.72. The van der Waals surface area contributed by atoms with Gasteiger partial charge in [-0.2, -0.15) is 0 Å². The summed E-state index contributed by atoms with van der Waals surface area (Å²) in [5, 5.41) is 26.4. The van der Waals surface area contributed by atoms with Crippen molar-refractivity contribution in [2.75, 3.05) is 0 Å². The third-order valence-corrected chi connectivity index (χ3v) is 1.15. The minimum absolute atomic E-state index is 0.129. The lowest BCUT2D eigenvalue weighted by molar-refractivity contribution is 0.378. The monoisotopic (exact) mass is 141 g/mol. The van der Waals surface area contributed by atoms with E-state index in [4.69, 9.17) is 15.3 Å². The maximum atomic E-state index is 8.89. The predicted molar refractivity (Wildman–Crippen MR) is 34.0 cm³/mol. The molecule has 0 fully saturated rings. The highest BCUT2D eigenvalue weighted by molar-refractivity contribution is 5.40. The largest absolute Gasteiger partial charge is 0.506 e. The lowest BCUT2D eigenvalue weighted by Gasteiger charge is -1.99. The van der Waals surface area contributed by atoms with E-state index < -0.39 is 11.6 Å². The molecule has 0 saturated heterocycles. The van der Waals surface area contributed by atoms with E-state index in [0.717, 1.165) is 6.07 Å². The first kappa shape index (κ1) is 6.67. The predicted octanol–water partition coefficient (Wildman–Crippen LogP) is 0.507. The van der Waals surface area contributed by atoms with E-state index >= 15 is 0 Å². The Morgan fingerprint density at radius 2 is 1.80 bits per heavy atom. The summed E-state index contributed by atoms with van der Waals surface area (Å²) in [6.07, 6.45) is 0. The fraction of sp³-hybridized carbons (Fsp3) is 0.167. The molecule has 1 heterocycles. The fourth-order valence-electron chi connectivity index (χ4n) is 0.572. The maximum absolute atomic E-state index is 8.89. The third kappa shape index (κ3) is 0.953. The van der Waals surface area contributed by atoms with Crippen LogP contribution < -0.4 is 0 Å². The number of nitrogens with zero attached hydrogens (tertiary/aromatic N) is 1. The lowest BCUT2D eigenvalue weighted by Crippen LogP contribution is -1.81. The number of aromatic nitrogens is 1. The number of hydrogen-bond donors (Lipinski definition) is 3. The zero-order valence-corrected chi connectivity index (χ0v) is 5.37. The highest BCUT2D eigenvalue weighted by Crippen LogP contribution is 2.27. The first-order valence-corrected chi connectivity index (χ1v) is 2.70. The van der Waals surface area contributed by atoms with Crippen molar-refractivity contribution in [1.29, 1.82) is 0 Å². The molecular formula is C6H7NO3. The molecule has 0 unspecified atom stereocenters. The number of aromatic hydroxyl groups is 3. The maximum Gasteiger partial charge on any atom is 0.254 e. The van der Waals surface area contributed by atoms with Gasteiger partial charge in [0, 0.05) is 6.07 Å². The van der Waals surface area contributed by atoms with Gasteiger partial charge in [0.1, 0.15) is 5.75 Å². The van der Waals surface area contributed by atoms with Gasteiger partial charge >= 0.3 is 0 Å². The summed E-state index contributed by atoms with van der Waals surface area (Å²) in [6.45, 7) is 1.52. The Bertz CT molecular complexity index is 209. The Balaban J connectivity index is 3.28. The second-order valence-corrected chi connectivity index (χ2v) is 1.94. The summed E-state index contributed by atoms with van der Waals surface area (Å²) in [5.74, 6) is -1.01. The lowest BCUT2D eigenvalue weighted by atomic mass is 10.3. The van der Waals surface area contributed by atoms with Crippen molar-refractivity contribution in [3.63, 3.8) is 0 Å². The van der Waals surface area contributed by atoms with Crippen LogP contribution in [0.5, 0.6) is 17.4 Å². The Morgan fingerprint density at radius 1 is 1.20 bits per heavy atom. The molecule has 4 heteroatoms. The third-order valence-electron chi connectivity index (χ3n) is 1.15. The van der Waals surface area contributed by atoms with Crippen molar-refractivity contribution < 1.29 is 15.3 Å². The van der Waals surface area contributed by atoms with Gasteiger partial charge in [0.15, 0.2) is 5.75 Å². The quantitative estimate of drug-likeness (QED) is 0.492. The molecule has 54 valence electrons. The fourth-order valence-corrected chi connectivity index (χ4v) is 0.572. The molecule has 0 aliphatic carbocycles. The van der Waals surface area contributed by atoms with Gasteiger partial charge in [-0.25, -0.2) is 4.98 Å². The summed E-state index contributed by atoms with van der Waals surface area (Å²) in [6, 6.07) is 1.04. The molecule has 0 spiro atoms. The number of hydrogen-bond acceptors (Lipinski definition) is 4. The van der Waals surface area contributed by atoms with Crippen LogP contribution in [0.15, 0.2) is 6.07 Å². The first-order chi connectivity index (χ1) is 4.61. The van der Waals surface area contributed by atoms with E-state index in [2.05, 4.69) is 4.98 Å². The van der Waals surface area contributed by atoms with Crippen molar-refractivity contribution in [1.82, 2.24) is 4.98 Å². The van der Waals surface area contributed by atoms with Crippen LogP contribution in [-0.2, 0) is 0 Å². The molecule has 0 atom stereocenters. The van der Waals surface area contributed by atoms with Crippen LogP contribution in [0.3, 0.4) is 0 Å². The summed E-state index contributed by atoms with van der Waals surface area (Å²) >= 11 is 0. The van der Waals surface area contributed by atoms with Gasteiger partial charge in [0.05, 0.1) is 5.69 Å². The molecule has 0 aromatic carbocycles. The zero-order valence-electron chi connectivity index (χ0n) is 5.37. The second-order valence-electron chi connectivity index (χ2n) is 1.94. The molecule has 0 aliphatic heterocycles. The summed E-state index contributed by atoms with van der Waals surface area (Å²) in [5.41, 5.74) is 0.287. The van der Waals surface area contributed by atoms with Gasteiger partial charge in [0.25, 0.3) is 5.88 Å². The Hall–Kier alpha value is -1.45. The van der Waals surface area contributed by atoms with Crippen molar-refractivity contribution in [3.8, 4) is 17.4 Å². The molecule has 0 radical (unpaired) electrons. The van der Waals surface area contributed by atoms with Crippen LogP contribution >= 0.6 is 0 Å². The average Bonchev–Trinajstić information content (AvgIpc) is 1.84. The summed E-state index contributed by atoms with van der Waals surface area (Å²) in [7, 11) is 0.